The van der Waals surface area contributed by atoms with Crippen LogP contribution in [0, 0.1) is 25.7 Å². The largest absolute Gasteiger partial charge is 0.496 e. The van der Waals surface area contributed by atoms with E-state index >= 15 is 0 Å². The summed E-state index contributed by atoms with van der Waals surface area (Å²) < 4.78 is 11.6. The standard InChI is InChI=1S/C17H28N2O2/c1-9-7-8-14(17(20-6)10(9)2)16(19-18)15-11(3)12(4)21-13(15)5/h7-8,11-13,15-16,19H,18H2,1-6H3. The number of methoxy groups -OCH3 is 1. The molecule has 1 heterocycles. The minimum Gasteiger partial charge on any atom is -0.496 e. The summed E-state index contributed by atoms with van der Waals surface area (Å²) in [6, 6.07) is 4.27. The summed E-state index contributed by atoms with van der Waals surface area (Å²) in [5.74, 6) is 7.59. The number of benzene rings is 1. The highest BCUT2D eigenvalue weighted by molar-refractivity contribution is 5.47. The number of hydrogen-bond donors (Lipinski definition) is 2. The highest BCUT2D eigenvalue weighted by Gasteiger charge is 2.42. The molecule has 0 aliphatic carbocycles. The van der Waals surface area contributed by atoms with Gasteiger partial charge in [0.1, 0.15) is 5.75 Å². The van der Waals surface area contributed by atoms with E-state index in [1.165, 1.54) is 11.1 Å². The molecule has 0 radical (unpaired) electrons. The molecule has 5 unspecified atom stereocenters. The summed E-state index contributed by atoms with van der Waals surface area (Å²) in [4.78, 5) is 0. The second kappa shape index (κ2) is 6.34. The number of nitrogens with one attached hydrogen (secondary N) is 1. The van der Waals surface area contributed by atoms with Gasteiger partial charge in [-0.25, -0.2) is 0 Å². The Hall–Kier alpha value is -1.10. The molecule has 1 aromatic carbocycles. The van der Waals surface area contributed by atoms with Crippen LogP contribution in [0.4, 0.5) is 0 Å². The van der Waals surface area contributed by atoms with E-state index < -0.39 is 0 Å². The molecule has 1 fully saturated rings. The zero-order valence-corrected chi connectivity index (χ0v) is 13.9. The van der Waals surface area contributed by atoms with Crippen LogP contribution in [0.15, 0.2) is 12.1 Å². The van der Waals surface area contributed by atoms with Gasteiger partial charge in [-0.15, -0.1) is 0 Å². The molecular weight excluding hydrogens is 264 g/mol. The quantitative estimate of drug-likeness (QED) is 0.662. The van der Waals surface area contributed by atoms with E-state index in [1.54, 1.807) is 7.11 Å². The third-order valence-corrected chi connectivity index (χ3v) is 5.13. The Labute approximate surface area is 128 Å². The van der Waals surface area contributed by atoms with Crippen LogP contribution in [0.25, 0.3) is 0 Å². The van der Waals surface area contributed by atoms with Crippen molar-refractivity contribution < 1.29 is 9.47 Å². The summed E-state index contributed by atoms with van der Waals surface area (Å²) >= 11 is 0. The molecule has 0 aromatic heterocycles. The van der Waals surface area contributed by atoms with Crippen molar-refractivity contribution >= 4 is 0 Å². The van der Waals surface area contributed by atoms with Crippen LogP contribution in [-0.4, -0.2) is 19.3 Å². The van der Waals surface area contributed by atoms with Gasteiger partial charge in [0.25, 0.3) is 0 Å². The van der Waals surface area contributed by atoms with Crippen molar-refractivity contribution in [2.24, 2.45) is 17.7 Å². The second-order valence-electron chi connectivity index (χ2n) is 6.26. The lowest BCUT2D eigenvalue weighted by Gasteiger charge is -2.30. The molecule has 118 valence electrons. The van der Waals surface area contributed by atoms with Crippen LogP contribution >= 0.6 is 0 Å². The average Bonchev–Trinajstić information content (AvgIpc) is 2.70. The topological polar surface area (TPSA) is 56.5 Å². The van der Waals surface area contributed by atoms with Gasteiger partial charge in [0.05, 0.1) is 25.4 Å². The molecule has 3 N–H and O–H groups in total. The average molecular weight is 292 g/mol. The van der Waals surface area contributed by atoms with E-state index in [2.05, 4.69) is 52.2 Å². The summed E-state index contributed by atoms with van der Waals surface area (Å²) in [6.45, 7) is 10.7. The van der Waals surface area contributed by atoms with Gasteiger partial charge in [-0.2, -0.15) is 0 Å². The molecule has 1 aromatic rings. The first-order valence-electron chi connectivity index (χ1n) is 7.68. The van der Waals surface area contributed by atoms with Gasteiger partial charge in [-0.05, 0) is 44.7 Å². The summed E-state index contributed by atoms with van der Waals surface area (Å²) in [5.41, 5.74) is 6.51. The van der Waals surface area contributed by atoms with E-state index in [-0.39, 0.29) is 18.2 Å². The molecule has 5 atom stereocenters. The molecule has 4 nitrogen and oxygen atoms in total. The molecule has 4 heteroatoms. The second-order valence-corrected chi connectivity index (χ2v) is 6.26. The van der Waals surface area contributed by atoms with Crippen molar-refractivity contribution in [1.29, 1.82) is 0 Å². The van der Waals surface area contributed by atoms with Crippen LogP contribution in [0.1, 0.15) is 43.5 Å². The lowest BCUT2D eigenvalue weighted by molar-refractivity contribution is 0.0474. The van der Waals surface area contributed by atoms with Gasteiger partial charge in [0, 0.05) is 11.5 Å². The lowest BCUT2D eigenvalue weighted by Crippen LogP contribution is -2.39. The van der Waals surface area contributed by atoms with E-state index in [0.29, 0.717) is 11.8 Å². The Balaban J connectivity index is 2.45. The maximum atomic E-state index is 5.98. The molecule has 2 rings (SSSR count). The Morgan fingerprint density at radius 3 is 2.33 bits per heavy atom. The minimum absolute atomic E-state index is 0.0224. The van der Waals surface area contributed by atoms with Crippen LogP contribution in [0.2, 0.25) is 0 Å². The Bertz CT molecular complexity index is 504. The van der Waals surface area contributed by atoms with E-state index in [1.807, 2.05) is 0 Å². The molecule has 0 saturated carbocycles. The van der Waals surface area contributed by atoms with Crippen LogP contribution in [0.3, 0.4) is 0 Å². The SMILES string of the molecule is COc1c(C(NN)C2C(C)OC(C)C2C)ccc(C)c1C. The van der Waals surface area contributed by atoms with Crippen LogP contribution in [-0.2, 0) is 4.74 Å². The molecule has 1 aliphatic rings. The van der Waals surface area contributed by atoms with Crippen molar-refractivity contribution in [3.8, 4) is 5.75 Å². The van der Waals surface area contributed by atoms with Crippen molar-refractivity contribution in [2.45, 2.75) is 52.9 Å². The van der Waals surface area contributed by atoms with Crippen LogP contribution < -0.4 is 16.0 Å². The molecule has 0 spiro atoms. The fourth-order valence-electron chi connectivity index (χ4n) is 3.60. The summed E-state index contributed by atoms with van der Waals surface area (Å²) in [5, 5.41) is 0. The Kier molecular flexibility index (Phi) is 4.91. The maximum Gasteiger partial charge on any atom is 0.126 e. The minimum atomic E-state index is 0.0224. The zero-order valence-electron chi connectivity index (χ0n) is 13.9. The molecule has 1 saturated heterocycles. The zero-order chi connectivity index (χ0) is 15.7. The van der Waals surface area contributed by atoms with Gasteiger partial charge in [-0.3, -0.25) is 11.3 Å². The summed E-state index contributed by atoms with van der Waals surface area (Å²) in [6.07, 6.45) is 0.417. The van der Waals surface area contributed by atoms with Gasteiger partial charge in [-0.1, -0.05) is 19.1 Å². The normalized spacial score (nSPS) is 30.4. The number of hydrazine groups is 1. The van der Waals surface area contributed by atoms with Crippen molar-refractivity contribution in [2.75, 3.05) is 7.11 Å². The van der Waals surface area contributed by atoms with Crippen molar-refractivity contribution in [1.82, 2.24) is 5.43 Å². The molecule has 21 heavy (non-hydrogen) atoms. The van der Waals surface area contributed by atoms with Gasteiger partial charge < -0.3 is 9.47 Å². The molecule has 0 bridgehead atoms. The highest BCUT2D eigenvalue weighted by Crippen LogP contribution is 2.43. The number of hydrogen-bond acceptors (Lipinski definition) is 4. The number of ether oxygens (including phenoxy) is 2. The lowest BCUT2D eigenvalue weighted by atomic mass is 9.80. The van der Waals surface area contributed by atoms with E-state index in [9.17, 15) is 0 Å². The third kappa shape index (κ3) is 2.80. The Morgan fingerprint density at radius 2 is 1.86 bits per heavy atom. The third-order valence-electron chi connectivity index (χ3n) is 5.13. The molecule has 0 amide bonds. The predicted molar refractivity (Wildman–Crippen MR) is 85.2 cm³/mol. The fourth-order valence-corrected chi connectivity index (χ4v) is 3.60. The maximum absolute atomic E-state index is 5.98. The first-order chi connectivity index (χ1) is 9.92. The fraction of sp³-hybridized carbons (Fsp3) is 0.647. The van der Waals surface area contributed by atoms with Crippen molar-refractivity contribution in [3.05, 3.63) is 28.8 Å². The van der Waals surface area contributed by atoms with Gasteiger partial charge in [0.2, 0.25) is 0 Å². The highest BCUT2D eigenvalue weighted by atomic mass is 16.5. The van der Waals surface area contributed by atoms with E-state index in [0.717, 1.165) is 11.3 Å². The first-order valence-corrected chi connectivity index (χ1v) is 7.68. The predicted octanol–water partition coefficient (Wildman–Crippen LogP) is 2.88. The monoisotopic (exact) mass is 292 g/mol. The molecular formula is C17H28N2O2. The Morgan fingerprint density at radius 1 is 1.19 bits per heavy atom. The van der Waals surface area contributed by atoms with Crippen LogP contribution in [0.5, 0.6) is 5.75 Å². The smallest absolute Gasteiger partial charge is 0.126 e. The van der Waals surface area contributed by atoms with Gasteiger partial charge in [0.15, 0.2) is 0 Å². The van der Waals surface area contributed by atoms with Crippen molar-refractivity contribution in [3.63, 3.8) is 0 Å². The van der Waals surface area contributed by atoms with Gasteiger partial charge >= 0.3 is 0 Å². The first kappa shape index (κ1) is 16.3. The van der Waals surface area contributed by atoms with E-state index in [4.69, 9.17) is 15.3 Å². The number of rotatable bonds is 4. The number of aryl methyl sites for hydroxylation is 1. The summed E-state index contributed by atoms with van der Waals surface area (Å²) in [7, 11) is 1.72. The number of nitrogens with two attached hydrogens (primary N) is 1. The molecule has 1 aliphatic heterocycles.